The molecule has 4 heteroatoms. The van der Waals surface area contributed by atoms with E-state index in [1.165, 1.54) is 0 Å². The molecule has 1 nitrogen and oxygen atoms in total. The summed E-state index contributed by atoms with van der Waals surface area (Å²) in [7, 11) is 0. The number of hydrogen-bond donors (Lipinski definition) is 0. The van der Waals surface area contributed by atoms with Crippen LogP contribution >= 0.6 is 0 Å². The molecule has 0 aliphatic rings. The predicted octanol–water partition coefficient (Wildman–Crippen LogP) is -3.50. The molecule has 0 heterocycles. The van der Waals surface area contributed by atoms with Gasteiger partial charge in [0.15, 0.2) is 0 Å². The molecule has 0 unspecified atom stereocenters. The standard InChI is InChI=1S/Ca.Li.O.Zr/q+2;+1;-2;+4. The summed E-state index contributed by atoms with van der Waals surface area (Å²) in [6.45, 7) is 0. The summed E-state index contributed by atoms with van der Waals surface area (Å²) in [4.78, 5) is 0. The van der Waals surface area contributed by atoms with Gasteiger partial charge in [-0.05, 0) is 0 Å². The average Bonchev–Trinajstić information content (AvgIpc) is 0. The van der Waals surface area contributed by atoms with Crippen molar-refractivity contribution in [2.45, 2.75) is 0 Å². The van der Waals surface area contributed by atoms with Crippen LogP contribution < -0.4 is 18.9 Å². The van der Waals surface area contributed by atoms with Crippen molar-refractivity contribution in [2.75, 3.05) is 0 Å². The van der Waals surface area contributed by atoms with Crippen LogP contribution in [-0.2, 0) is 31.7 Å². The van der Waals surface area contributed by atoms with Crippen molar-refractivity contribution < 1.29 is 50.5 Å². The summed E-state index contributed by atoms with van der Waals surface area (Å²) in [6.07, 6.45) is 0. The van der Waals surface area contributed by atoms with Crippen molar-refractivity contribution in [3.8, 4) is 0 Å². The van der Waals surface area contributed by atoms with Gasteiger partial charge in [0.05, 0.1) is 0 Å². The maximum atomic E-state index is 0. The zero-order valence-corrected chi connectivity index (χ0v) is 7.28. The van der Waals surface area contributed by atoms with Crippen LogP contribution in [0.3, 0.4) is 0 Å². The van der Waals surface area contributed by atoms with E-state index in [0.717, 1.165) is 0 Å². The summed E-state index contributed by atoms with van der Waals surface area (Å²) in [5.74, 6) is 0. The minimum absolute atomic E-state index is 0. The van der Waals surface area contributed by atoms with Crippen molar-refractivity contribution in [1.29, 1.82) is 0 Å². The Labute approximate surface area is 86.5 Å². The van der Waals surface area contributed by atoms with Crippen molar-refractivity contribution in [1.82, 2.24) is 0 Å². The van der Waals surface area contributed by atoms with Gasteiger partial charge in [-0.2, -0.15) is 0 Å². The Morgan fingerprint density at radius 1 is 1.00 bits per heavy atom. The van der Waals surface area contributed by atoms with E-state index in [9.17, 15) is 0 Å². The van der Waals surface area contributed by atoms with Gasteiger partial charge < -0.3 is 5.48 Å². The summed E-state index contributed by atoms with van der Waals surface area (Å²) >= 11 is 0. The van der Waals surface area contributed by atoms with Gasteiger partial charge in [0.1, 0.15) is 0 Å². The number of rotatable bonds is 0. The molecule has 0 spiro atoms. The van der Waals surface area contributed by atoms with E-state index in [-0.39, 0.29) is 88.3 Å². The van der Waals surface area contributed by atoms with E-state index < -0.39 is 0 Å². The van der Waals surface area contributed by atoms with Crippen molar-refractivity contribution >= 4 is 37.7 Å². The minimum atomic E-state index is 0. The Hall–Kier alpha value is 2.70. The second-order valence-corrected chi connectivity index (χ2v) is 0. The molecule has 0 fully saturated rings. The zero-order valence-electron chi connectivity index (χ0n) is 2.62. The summed E-state index contributed by atoms with van der Waals surface area (Å²) in [5.41, 5.74) is 0. The van der Waals surface area contributed by atoms with Crippen LogP contribution in [0.2, 0.25) is 0 Å². The van der Waals surface area contributed by atoms with E-state index in [1.54, 1.807) is 0 Å². The first-order valence-corrected chi connectivity index (χ1v) is 0. The monoisotopic (exact) mass is 153 g/mol. The summed E-state index contributed by atoms with van der Waals surface area (Å²) in [5, 5.41) is 0. The molecule has 0 rings (SSSR count). The molecule has 0 radical (unpaired) electrons. The van der Waals surface area contributed by atoms with Crippen LogP contribution in [0.1, 0.15) is 0 Å². The van der Waals surface area contributed by atoms with E-state index >= 15 is 0 Å². The normalized spacial score (nSPS) is 0. The minimum Gasteiger partial charge on any atom is -2.00 e. The summed E-state index contributed by atoms with van der Waals surface area (Å²) in [6, 6.07) is 0. The van der Waals surface area contributed by atoms with Crippen LogP contribution in [0.5, 0.6) is 0 Å². The number of hydrogen-bond acceptors (Lipinski definition) is 0. The maximum Gasteiger partial charge on any atom is 4.00 e. The Morgan fingerprint density at radius 3 is 1.00 bits per heavy atom. The molecule has 0 saturated heterocycles. The average molecular weight is 154 g/mol. The first kappa shape index (κ1) is 29.9. The Morgan fingerprint density at radius 2 is 1.00 bits per heavy atom. The Balaban J connectivity index is 0. The molecule has 0 aromatic carbocycles. The van der Waals surface area contributed by atoms with Crippen LogP contribution in [0.15, 0.2) is 0 Å². The van der Waals surface area contributed by atoms with Gasteiger partial charge in [-0.15, -0.1) is 0 Å². The molecule has 0 aliphatic heterocycles. The van der Waals surface area contributed by atoms with Gasteiger partial charge in [-0.3, -0.25) is 0 Å². The van der Waals surface area contributed by atoms with Crippen molar-refractivity contribution in [3.63, 3.8) is 0 Å². The third kappa shape index (κ3) is 8.83. The van der Waals surface area contributed by atoms with E-state index in [1.807, 2.05) is 0 Å². The molecule has 0 bridgehead atoms. The Bertz CT molecular complexity index is 8.00. The van der Waals surface area contributed by atoms with Crippen LogP contribution in [-0.4, -0.2) is 37.7 Å². The first-order valence-electron chi connectivity index (χ1n) is 0. The third-order valence-corrected chi connectivity index (χ3v) is 0. The fourth-order valence-corrected chi connectivity index (χ4v) is 0. The van der Waals surface area contributed by atoms with Crippen LogP contribution in [0, 0.1) is 0 Å². The van der Waals surface area contributed by atoms with Gasteiger partial charge in [-0.1, -0.05) is 0 Å². The van der Waals surface area contributed by atoms with Crippen molar-refractivity contribution in [2.24, 2.45) is 0 Å². The maximum absolute atomic E-state index is 0. The molecule has 0 atom stereocenters. The molecule has 4 heavy (non-hydrogen) atoms. The van der Waals surface area contributed by atoms with Gasteiger partial charge >= 0.3 is 82.8 Å². The van der Waals surface area contributed by atoms with Crippen LogP contribution in [0.25, 0.3) is 0 Å². The molecule has 0 aromatic rings. The fraction of sp³-hybridized carbons (Fsp3) is 0. The largest absolute Gasteiger partial charge is 4.00 e. The van der Waals surface area contributed by atoms with E-state index in [4.69, 9.17) is 0 Å². The molecule has 0 saturated carbocycles. The molecule has 0 N–H and O–H groups in total. The van der Waals surface area contributed by atoms with Gasteiger partial charge in [0, 0.05) is 0 Å². The molecule has 0 aromatic heterocycles. The molecule has 0 amide bonds. The molecule has 8 valence electrons. The third-order valence-electron chi connectivity index (χ3n) is 0. The summed E-state index contributed by atoms with van der Waals surface area (Å²) < 4.78 is 0. The van der Waals surface area contributed by atoms with Gasteiger partial charge in [0.25, 0.3) is 0 Å². The molecule has 0 aliphatic carbocycles. The van der Waals surface area contributed by atoms with Crippen LogP contribution in [0.4, 0.5) is 0 Å². The first-order chi connectivity index (χ1) is 0. The topological polar surface area (TPSA) is 28.5 Å². The van der Waals surface area contributed by atoms with Gasteiger partial charge in [-0.25, -0.2) is 0 Å². The Kier molecular flexibility index (Phi) is 129. The zero-order chi connectivity index (χ0) is 0. The fourth-order valence-electron chi connectivity index (χ4n) is 0. The quantitative estimate of drug-likeness (QED) is 0.324. The van der Waals surface area contributed by atoms with E-state index in [0.29, 0.717) is 0 Å². The van der Waals surface area contributed by atoms with Gasteiger partial charge in [0.2, 0.25) is 0 Å². The van der Waals surface area contributed by atoms with Crippen molar-refractivity contribution in [3.05, 3.63) is 0 Å². The predicted molar refractivity (Wildman–Crippen MR) is 6.44 cm³/mol. The molecular formula is CaLiOZr+5. The second-order valence-electron chi connectivity index (χ2n) is 0. The van der Waals surface area contributed by atoms with E-state index in [2.05, 4.69) is 0 Å². The smallest absolute Gasteiger partial charge is 2.00 e. The molecular weight excluding hydrogens is 154 g/mol. The second kappa shape index (κ2) is 17.3. The SMILES string of the molecule is [Ca+2].[Li+].[O-2].[Zr+4].